The van der Waals surface area contributed by atoms with Gasteiger partial charge in [0.15, 0.2) is 0 Å². The number of hydrazine groups is 1. The van der Waals surface area contributed by atoms with Crippen LogP contribution in [0.25, 0.3) is 5.57 Å². The lowest BCUT2D eigenvalue weighted by Crippen LogP contribution is -2.45. The van der Waals surface area contributed by atoms with Gasteiger partial charge in [0.25, 0.3) is 0 Å². The number of phenolic OH excluding ortho intramolecular Hbond substituents is 1. The van der Waals surface area contributed by atoms with Crippen LogP contribution in [0.5, 0.6) is 5.75 Å². The van der Waals surface area contributed by atoms with Gasteiger partial charge in [0.05, 0.1) is 24.0 Å². The lowest BCUT2D eigenvalue weighted by molar-refractivity contribution is 0.135. The van der Waals surface area contributed by atoms with Crippen molar-refractivity contribution in [1.82, 2.24) is 25.7 Å². The molecule has 2 aromatic rings. The summed E-state index contributed by atoms with van der Waals surface area (Å²) in [6.07, 6.45) is 11.0. The molecule has 1 saturated heterocycles. The second-order valence-corrected chi connectivity index (χ2v) is 10.6. The maximum atomic E-state index is 15.8. The Kier molecular flexibility index (Phi) is 5.95. The fourth-order valence-electron chi connectivity index (χ4n) is 6.58. The summed E-state index contributed by atoms with van der Waals surface area (Å²) in [4.78, 5) is 10.9. The van der Waals surface area contributed by atoms with Crippen molar-refractivity contribution in [2.75, 3.05) is 13.1 Å². The number of imidazole rings is 1. The van der Waals surface area contributed by atoms with E-state index in [0.29, 0.717) is 0 Å². The van der Waals surface area contributed by atoms with Gasteiger partial charge in [-0.15, -0.1) is 0 Å². The van der Waals surface area contributed by atoms with Crippen LogP contribution in [0.2, 0.25) is 0 Å². The number of hydrogen-bond acceptors (Lipinski definition) is 5. The predicted molar refractivity (Wildman–Crippen MR) is 131 cm³/mol. The number of aromatic hydroxyl groups is 1. The van der Waals surface area contributed by atoms with Crippen molar-refractivity contribution >= 4 is 5.57 Å². The van der Waals surface area contributed by atoms with E-state index in [0.717, 1.165) is 67.5 Å². The highest BCUT2D eigenvalue weighted by Gasteiger charge is 2.48. The molecule has 2 saturated carbocycles. The highest BCUT2D eigenvalue weighted by molar-refractivity contribution is 5.63. The summed E-state index contributed by atoms with van der Waals surface area (Å²) in [7, 11) is 0. The molecular formula is C27H36FN5O. The van der Waals surface area contributed by atoms with E-state index in [2.05, 4.69) is 33.7 Å². The number of H-pyrrole nitrogens is 1. The molecule has 4 N–H and O–H groups in total. The second-order valence-electron chi connectivity index (χ2n) is 10.6. The number of aryl methyl sites for hydroxylation is 1. The van der Waals surface area contributed by atoms with E-state index in [1.807, 2.05) is 12.3 Å². The molecule has 7 heteroatoms. The maximum absolute atomic E-state index is 15.8. The number of benzene rings is 1. The summed E-state index contributed by atoms with van der Waals surface area (Å²) in [6, 6.07) is 5.91. The molecule has 1 aromatic heterocycles. The number of nitrogens with one attached hydrogen (secondary N) is 3. The van der Waals surface area contributed by atoms with Crippen LogP contribution in [-0.4, -0.2) is 51.3 Å². The standard InChI is InChI=1S/C27H36FN5O/c1-2-16-14-19(34)6-7-20(16)21-8-9-22-25(24(21)28)31-32-26(22)27-29-15-23(30-27)17-10-12-33(13-11-17)18-4-3-5-18/h6-7,10,14-15,18,21-22,24-26,31-32,34H,2-5,8-9,11-13H2,1H3,(H,29,30). The third-order valence-corrected chi connectivity index (χ3v) is 8.81. The quantitative estimate of drug-likeness (QED) is 0.528. The molecular weight excluding hydrogens is 429 g/mol. The molecule has 6 nitrogen and oxygen atoms in total. The van der Waals surface area contributed by atoms with Crippen LogP contribution in [0.3, 0.4) is 0 Å². The largest absolute Gasteiger partial charge is 0.508 e. The summed E-state index contributed by atoms with van der Waals surface area (Å²) in [5.74, 6) is 1.16. The molecule has 5 atom stereocenters. The molecule has 5 unspecified atom stereocenters. The van der Waals surface area contributed by atoms with Crippen molar-refractivity contribution < 1.29 is 9.50 Å². The van der Waals surface area contributed by atoms with Crippen LogP contribution in [0.4, 0.5) is 4.39 Å². The number of alkyl halides is 1. The topological polar surface area (TPSA) is 76.2 Å². The van der Waals surface area contributed by atoms with E-state index in [4.69, 9.17) is 4.98 Å². The fourth-order valence-corrected chi connectivity index (χ4v) is 6.58. The molecule has 1 aromatic carbocycles. The third kappa shape index (κ3) is 3.88. The van der Waals surface area contributed by atoms with Crippen LogP contribution in [-0.2, 0) is 6.42 Å². The van der Waals surface area contributed by atoms with E-state index >= 15 is 4.39 Å². The summed E-state index contributed by atoms with van der Waals surface area (Å²) in [6.45, 7) is 4.22. The SMILES string of the molecule is CCc1cc(O)ccc1C1CCC2C(c3ncc(C4=CCN(C5CCC5)CC4)[nH]3)NNC2C1F. The number of halogens is 1. The first-order chi connectivity index (χ1) is 16.6. The van der Waals surface area contributed by atoms with Gasteiger partial charge in [-0.05, 0) is 67.4 Å². The van der Waals surface area contributed by atoms with Gasteiger partial charge in [-0.1, -0.05) is 25.5 Å². The van der Waals surface area contributed by atoms with Gasteiger partial charge in [-0.25, -0.2) is 14.8 Å². The highest BCUT2D eigenvalue weighted by Crippen LogP contribution is 2.45. The molecule has 182 valence electrons. The van der Waals surface area contributed by atoms with Crippen LogP contribution in [0.15, 0.2) is 30.5 Å². The number of nitrogens with zero attached hydrogens (tertiary/aromatic N) is 2. The van der Waals surface area contributed by atoms with Crippen molar-refractivity contribution in [3.05, 3.63) is 53.1 Å². The summed E-state index contributed by atoms with van der Waals surface area (Å²) < 4.78 is 15.8. The van der Waals surface area contributed by atoms with E-state index in [1.54, 1.807) is 12.1 Å². The first kappa shape index (κ1) is 22.3. The van der Waals surface area contributed by atoms with Gasteiger partial charge >= 0.3 is 0 Å². The van der Waals surface area contributed by atoms with Crippen molar-refractivity contribution in [1.29, 1.82) is 0 Å². The Morgan fingerprint density at radius 2 is 2.06 bits per heavy atom. The molecule has 0 radical (unpaired) electrons. The zero-order chi connectivity index (χ0) is 23.2. The molecule has 2 aliphatic carbocycles. The van der Waals surface area contributed by atoms with Crippen LogP contribution in [0.1, 0.15) is 80.1 Å². The van der Waals surface area contributed by atoms with Gasteiger partial charge < -0.3 is 10.1 Å². The number of hydrogen-bond donors (Lipinski definition) is 4. The Balaban J connectivity index is 1.15. The van der Waals surface area contributed by atoms with Crippen LogP contribution < -0.4 is 10.9 Å². The number of aromatic nitrogens is 2. The fraction of sp³-hybridized carbons (Fsp3) is 0.593. The smallest absolute Gasteiger partial charge is 0.125 e. The molecule has 4 aliphatic rings. The monoisotopic (exact) mass is 465 g/mol. The predicted octanol–water partition coefficient (Wildman–Crippen LogP) is 4.37. The Labute approximate surface area is 201 Å². The van der Waals surface area contributed by atoms with Crippen molar-refractivity contribution in [3.8, 4) is 5.75 Å². The summed E-state index contributed by atoms with van der Waals surface area (Å²) >= 11 is 0. The molecule has 3 heterocycles. The second kappa shape index (κ2) is 9.10. The zero-order valence-electron chi connectivity index (χ0n) is 19.9. The average molecular weight is 466 g/mol. The van der Waals surface area contributed by atoms with E-state index in [9.17, 15) is 5.11 Å². The Hall–Kier alpha value is -2.22. The third-order valence-electron chi connectivity index (χ3n) is 8.81. The van der Waals surface area contributed by atoms with E-state index in [1.165, 1.54) is 24.8 Å². The Bertz CT molecular complexity index is 1060. The maximum Gasteiger partial charge on any atom is 0.125 e. The molecule has 0 spiro atoms. The van der Waals surface area contributed by atoms with Crippen molar-refractivity contribution in [3.63, 3.8) is 0 Å². The number of aromatic amines is 1. The van der Waals surface area contributed by atoms with Gasteiger partial charge in [0.2, 0.25) is 0 Å². The lowest BCUT2D eigenvalue weighted by atomic mass is 9.71. The number of rotatable bonds is 5. The van der Waals surface area contributed by atoms with Gasteiger partial charge in [-0.3, -0.25) is 10.3 Å². The van der Waals surface area contributed by atoms with E-state index < -0.39 is 6.17 Å². The Morgan fingerprint density at radius 3 is 2.79 bits per heavy atom. The van der Waals surface area contributed by atoms with Gasteiger partial charge in [0, 0.05) is 31.0 Å². The lowest BCUT2D eigenvalue weighted by Gasteiger charge is -2.39. The summed E-state index contributed by atoms with van der Waals surface area (Å²) in [5.41, 5.74) is 11.2. The normalized spacial score (nSPS) is 32.3. The zero-order valence-corrected chi connectivity index (χ0v) is 19.9. The molecule has 34 heavy (non-hydrogen) atoms. The van der Waals surface area contributed by atoms with Crippen molar-refractivity contribution in [2.45, 2.75) is 82.1 Å². The number of phenols is 1. The first-order valence-corrected chi connectivity index (χ1v) is 13.1. The van der Waals surface area contributed by atoms with Crippen LogP contribution >= 0.6 is 0 Å². The van der Waals surface area contributed by atoms with Gasteiger partial charge in [0.1, 0.15) is 17.7 Å². The highest BCUT2D eigenvalue weighted by atomic mass is 19.1. The van der Waals surface area contributed by atoms with Crippen molar-refractivity contribution in [2.24, 2.45) is 5.92 Å². The minimum absolute atomic E-state index is 0.0147. The Morgan fingerprint density at radius 1 is 1.18 bits per heavy atom. The minimum Gasteiger partial charge on any atom is -0.508 e. The van der Waals surface area contributed by atoms with E-state index in [-0.39, 0.29) is 29.7 Å². The molecule has 0 amide bonds. The average Bonchev–Trinajstić information content (AvgIpc) is 3.47. The minimum atomic E-state index is -0.987. The van der Waals surface area contributed by atoms with Crippen LogP contribution in [0, 0.1) is 5.92 Å². The molecule has 2 aliphatic heterocycles. The molecule has 3 fully saturated rings. The molecule has 0 bridgehead atoms. The molecule has 6 rings (SSSR count). The number of fused-ring (bicyclic) bond motifs is 1. The van der Waals surface area contributed by atoms with Gasteiger partial charge in [-0.2, -0.15) is 0 Å². The summed E-state index contributed by atoms with van der Waals surface area (Å²) in [5, 5.41) is 9.86. The first-order valence-electron chi connectivity index (χ1n) is 13.1.